The first kappa shape index (κ1) is 13.9. The van der Waals surface area contributed by atoms with E-state index >= 15 is 0 Å². The van der Waals surface area contributed by atoms with Crippen LogP contribution in [-0.2, 0) is 0 Å². The van der Waals surface area contributed by atoms with Crippen LogP contribution < -0.4 is 4.74 Å². The summed E-state index contributed by atoms with van der Waals surface area (Å²) in [7, 11) is 0. The average molecular weight is 257 g/mol. The van der Waals surface area contributed by atoms with E-state index in [1.807, 2.05) is 12.1 Å². The zero-order valence-electron chi connectivity index (χ0n) is 11.9. The van der Waals surface area contributed by atoms with Crippen molar-refractivity contribution in [2.75, 3.05) is 0 Å². The first-order chi connectivity index (χ1) is 9.22. The molecule has 2 atom stereocenters. The summed E-state index contributed by atoms with van der Waals surface area (Å²) in [5.41, 5.74) is 1.24. The Kier molecular flexibility index (Phi) is 4.85. The van der Waals surface area contributed by atoms with Gasteiger partial charge in [-0.3, -0.25) is 0 Å². The molecular weight excluding hydrogens is 234 g/mol. The molecule has 1 aliphatic carbocycles. The summed E-state index contributed by atoms with van der Waals surface area (Å²) in [5.74, 6) is 1.45. The minimum atomic E-state index is 0.0442. The molecule has 0 radical (unpaired) electrons. The van der Waals surface area contributed by atoms with Gasteiger partial charge in [-0.05, 0) is 36.8 Å². The third kappa shape index (κ3) is 3.50. The number of nitrogens with zero attached hydrogens (tertiary/aromatic N) is 1. The molecule has 2 heteroatoms. The molecule has 0 aromatic heterocycles. The highest BCUT2D eigenvalue weighted by molar-refractivity contribution is 5.35. The van der Waals surface area contributed by atoms with Gasteiger partial charge in [-0.25, -0.2) is 0 Å². The number of hydrogen-bond acceptors (Lipinski definition) is 2. The maximum absolute atomic E-state index is 9.31. The summed E-state index contributed by atoms with van der Waals surface area (Å²) in [6.07, 6.45) is 5.60. The van der Waals surface area contributed by atoms with Crippen molar-refractivity contribution < 1.29 is 4.74 Å². The Balaban J connectivity index is 2.17. The van der Waals surface area contributed by atoms with Gasteiger partial charge in [0.1, 0.15) is 11.9 Å². The lowest BCUT2D eigenvalue weighted by atomic mass is 9.98. The molecule has 2 rings (SSSR count). The SMILES string of the molecule is CC(C)c1ccccc1OC1CCCCCC1C#N. The van der Waals surface area contributed by atoms with Crippen LogP contribution in [0.3, 0.4) is 0 Å². The Labute approximate surface area is 116 Å². The zero-order valence-corrected chi connectivity index (χ0v) is 11.9. The predicted molar refractivity (Wildman–Crippen MR) is 77.1 cm³/mol. The van der Waals surface area contributed by atoms with E-state index in [9.17, 15) is 5.26 Å². The fraction of sp³-hybridized carbons (Fsp3) is 0.588. The molecule has 1 aromatic rings. The van der Waals surface area contributed by atoms with E-state index in [4.69, 9.17) is 4.74 Å². The molecule has 1 fully saturated rings. The van der Waals surface area contributed by atoms with Gasteiger partial charge in [0.05, 0.1) is 12.0 Å². The fourth-order valence-corrected chi connectivity index (χ4v) is 2.79. The molecule has 102 valence electrons. The van der Waals surface area contributed by atoms with Crippen LogP contribution in [0.2, 0.25) is 0 Å². The monoisotopic (exact) mass is 257 g/mol. The van der Waals surface area contributed by atoms with Gasteiger partial charge in [-0.1, -0.05) is 44.9 Å². The van der Waals surface area contributed by atoms with E-state index in [-0.39, 0.29) is 12.0 Å². The highest BCUT2D eigenvalue weighted by atomic mass is 16.5. The molecule has 1 aliphatic rings. The van der Waals surface area contributed by atoms with E-state index < -0.39 is 0 Å². The molecule has 2 unspecified atom stereocenters. The van der Waals surface area contributed by atoms with Crippen molar-refractivity contribution in [1.29, 1.82) is 5.26 Å². The predicted octanol–water partition coefficient (Wildman–Crippen LogP) is 4.66. The van der Waals surface area contributed by atoms with Gasteiger partial charge < -0.3 is 4.74 Å². The van der Waals surface area contributed by atoms with Crippen molar-refractivity contribution in [2.45, 2.75) is 58.0 Å². The molecule has 1 saturated carbocycles. The van der Waals surface area contributed by atoms with E-state index in [1.165, 1.54) is 18.4 Å². The maximum atomic E-state index is 9.31. The Hall–Kier alpha value is -1.49. The van der Waals surface area contributed by atoms with Crippen molar-refractivity contribution in [3.8, 4) is 11.8 Å². The minimum Gasteiger partial charge on any atom is -0.489 e. The quantitative estimate of drug-likeness (QED) is 0.738. The molecule has 0 saturated heterocycles. The van der Waals surface area contributed by atoms with Crippen molar-refractivity contribution in [1.82, 2.24) is 0 Å². The number of rotatable bonds is 3. The van der Waals surface area contributed by atoms with Crippen molar-refractivity contribution >= 4 is 0 Å². The van der Waals surface area contributed by atoms with Crippen LogP contribution in [-0.4, -0.2) is 6.10 Å². The van der Waals surface area contributed by atoms with Crippen LogP contribution in [0.25, 0.3) is 0 Å². The van der Waals surface area contributed by atoms with Gasteiger partial charge >= 0.3 is 0 Å². The van der Waals surface area contributed by atoms with E-state index in [0.717, 1.165) is 25.0 Å². The lowest BCUT2D eigenvalue weighted by Gasteiger charge is -2.23. The molecule has 0 heterocycles. The summed E-state index contributed by atoms with van der Waals surface area (Å²) < 4.78 is 6.21. The topological polar surface area (TPSA) is 33.0 Å². The lowest BCUT2D eigenvalue weighted by Crippen LogP contribution is -2.25. The van der Waals surface area contributed by atoms with Gasteiger partial charge in [-0.15, -0.1) is 0 Å². The molecule has 2 nitrogen and oxygen atoms in total. The van der Waals surface area contributed by atoms with Gasteiger partial charge in [0.15, 0.2) is 0 Å². The summed E-state index contributed by atoms with van der Waals surface area (Å²) >= 11 is 0. The lowest BCUT2D eigenvalue weighted by molar-refractivity contribution is 0.150. The largest absolute Gasteiger partial charge is 0.489 e. The Bertz CT molecular complexity index is 447. The summed E-state index contributed by atoms with van der Waals surface area (Å²) in [6, 6.07) is 10.7. The molecule has 1 aromatic carbocycles. The van der Waals surface area contributed by atoms with Gasteiger partial charge in [0, 0.05) is 0 Å². The number of hydrogen-bond donors (Lipinski definition) is 0. The van der Waals surface area contributed by atoms with Gasteiger partial charge in [0.25, 0.3) is 0 Å². The first-order valence-electron chi connectivity index (χ1n) is 7.37. The number of nitriles is 1. The maximum Gasteiger partial charge on any atom is 0.123 e. The molecule has 19 heavy (non-hydrogen) atoms. The average Bonchev–Trinajstić information content (AvgIpc) is 2.64. The van der Waals surface area contributed by atoms with E-state index in [2.05, 4.69) is 32.0 Å². The highest BCUT2D eigenvalue weighted by Gasteiger charge is 2.26. The molecule has 0 amide bonds. The van der Waals surface area contributed by atoms with Gasteiger partial charge in [0.2, 0.25) is 0 Å². The van der Waals surface area contributed by atoms with Crippen molar-refractivity contribution in [2.24, 2.45) is 5.92 Å². The number of benzene rings is 1. The molecule has 0 bridgehead atoms. The standard InChI is InChI=1S/C17H23NO/c1-13(2)15-9-6-7-11-17(15)19-16-10-5-3-4-8-14(16)12-18/h6-7,9,11,13-14,16H,3-5,8,10H2,1-2H3. The zero-order chi connectivity index (χ0) is 13.7. The number of para-hydroxylation sites is 1. The van der Waals surface area contributed by atoms with Crippen LogP contribution in [0.4, 0.5) is 0 Å². The van der Waals surface area contributed by atoms with Crippen LogP contribution in [0.1, 0.15) is 57.4 Å². The van der Waals surface area contributed by atoms with Crippen molar-refractivity contribution in [3.05, 3.63) is 29.8 Å². The van der Waals surface area contributed by atoms with Crippen LogP contribution in [0, 0.1) is 17.2 Å². The van der Waals surface area contributed by atoms with Crippen LogP contribution >= 0.6 is 0 Å². The Morgan fingerprint density at radius 2 is 1.89 bits per heavy atom. The second kappa shape index (κ2) is 6.61. The smallest absolute Gasteiger partial charge is 0.123 e. The van der Waals surface area contributed by atoms with Crippen LogP contribution in [0.5, 0.6) is 5.75 Å². The van der Waals surface area contributed by atoms with Gasteiger partial charge in [-0.2, -0.15) is 5.26 Å². The number of ether oxygens (including phenoxy) is 1. The Morgan fingerprint density at radius 3 is 2.63 bits per heavy atom. The fourth-order valence-electron chi connectivity index (χ4n) is 2.79. The minimum absolute atomic E-state index is 0.0442. The first-order valence-corrected chi connectivity index (χ1v) is 7.37. The van der Waals surface area contributed by atoms with E-state index in [0.29, 0.717) is 5.92 Å². The third-order valence-electron chi connectivity index (χ3n) is 3.94. The molecule has 0 spiro atoms. The highest BCUT2D eigenvalue weighted by Crippen LogP contribution is 2.31. The summed E-state index contributed by atoms with van der Waals surface area (Å²) in [5, 5.41) is 9.31. The molecule has 0 aliphatic heterocycles. The summed E-state index contributed by atoms with van der Waals surface area (Å²) in [4.78, 5) is 0. The normalized spacial score (nSPS) is 23.7. The molecular formula is C17H23NO. The summed E-state index contributed by atoms with van der Waals surface area (Å²) in [6.45, 7) is 4.36. The molecule has 0 N–H and O–H groups in total. The third-order valence-corrected chi connectivity index (χ3v) is 3.94. The second-order valence-electron chi connectivity index (χ2n) is 5.72. The second-order valence-corrected chi connectivity index (χ2v) is 5.72. The Morgan fingerprint density at radius 1 is 1.16 bits per heavy atom. The van der Waals surface area contributed by atoms with Crippen LogP contribution in [0.15, 0.2) is 24.3 Å². The van der Waals surface area contributed by atoms with Crippen molar-refractivity contribution in [3.63, 3.8) is 0 Å². The van der Waals surface area contributed by atoms with E-state index in [1.54, 1.807) is 0 Å².